The molecule has 47 heavy (non-hydrogen) atoms. The highest BCUT2D eigenvalue weighted by molar-refractivity contribution is 5.76. The molecule has 0 saturated heterocycles. The van der Waals surface area contributed by atoms with Crippen LogP contribution in [0, 0.1) is 0 Å². The Morgan fingerprint density at radius 1 is 1.06 bits per heavy atom. The van der Waals surface area contributed by atoms with E-state index in [2.05, 4.69) is 67.9 Å². The molecule has 9 N–H and O–H groups in total. The highest BCUT2D eigenvalue weighted by Crippen LogP contribution is 2.28. The smallest absolute Gasteiger partial charge is 0.354 e. The van der Waals surface area contributed by atoms with Gasteiger partial charge in [0.05, 0.1) is 12.3 Å². The zero-order valence-electron chi connectivity index (χ0n) is 28.4. The molecule has 1 atom stereocenters. The van der Waals surface area contributed by atoms with Crippen molar-refractivity contribution in [3.63, 3.8) is 0 Å². The van der Waals surface area contributed by atoms with Crippen LogP contribution in [-0.2, 0) is 24.0 Å². The summed E-state index contributed by atoms with van der Waals surface area (Å²) in [5, 5.41) is 13.5. The number of halogens is 1. The van der Waals surface area contributed by atoms with E-state index < -0.39 is 6.17 Å². The third-order valence-corrected chi connectivity index (χ3v) is 7.37. The largest absolute Gasteiger partial charge is 0.490 e. The third-order valence-electron chi connectivity index (χ3n) is 7.37. The second-order valence-electron chi connectivity index (χ2n) is 13.6. The summed E-state index contributed by atoms with van der Waals surface area (Å²) in [5.41, 5.74) is 20.8. The quantitative estimate of drug-likeness (QED) is 0.0758. The van der Waals surface area contributed by atoms with Crippen molar-refractivity contribution in [3.05, 3.63) is 87.6 Å². The van der Waals surface area contributed by atoms with Gasteiger partial charge in [-0.1, -0.05) is 59.7 Å². The fourth-order valence-corrected chi connectivity index (χ4v) is 4.53. The van der Waals surface area contributed by atoms with Crippen molar-refractivity contribution in [2.45, 2.75) is 78.1 Å². The number of aromatic amines is 1. The van der Waals surface area contributed by atoms with Gasteiger partial charge in [0.15, 0.2) is 5.96 Å². The van der Waals surface area contributed by atoms with Gasteiger partial charge in [-0.2, -0.15) is 4.98 Å². The number of hydrogen-bond donors (Lipinski definition) is 6. The van der Waals surface area contributed by atoms with Gasteiger partial charge < -0.3 is 37.3 Å². The van der Waals surface area contributed by atoms with Gasteiger partial charge in [0.25, 0.3) is 0 Å². The fraction of sp³-hybridized carbons (Fsp3) is 0.457. The van der Waals surface area contributed by atoms with Gasteiger partial charge >= 0.3 is 5.69 Å². The first-order valence-electron chi connectivity index (χ1n) is 15.8. The summed E-state index contributed by atoms with van der Waals surface area (Å²) in [4.78, 5) is 23.9. The number of alkyl halides is 1. The van der Waals surface area contributed by atoms with Gasteiger partial charge in [-0.3, -0.25) is 9.56 Å². The van der Waals surface area contributed by atoms with Crippen LogP contribution in [0.5, 0.6) is 5.75 Å². The van der Waals surface area contributed by atoms with Gasteiger partial charge in [0.2, 0.25) is 0 Å². The molecule has 0 amide bonds. The Labute approximate surface area is 276 Å². The Kier molecular flexibility index (Phi) is 13.1. The molecule has 0 fully saturated rings. The van der Waals surface area contributed by atoms with Crippen LogP contribution in [0.15, 0.2) is 64.5 Å². The lowest BCUT2D eigenvalue weighted by atomic mass is 9.86. The molecule has 2 aromatic carbocycles. The first kappa shape index (κ1) is 37.2. The molecule has 0 unspecified atom stereocenters. The van der Waals surface area contributed by atoms with Crippen molar-refractivity contribution in [1.29, 1.82) is 0 Å². The van der Waals surface area contributed by atoms with Crippen molar-refractivity contribution < 1.29 is 14.2 Å². The molecule has 12 heteroatoms. The number of aliphatic hydroxyl groups excluding tert-OH is 1. The minimum Gasteiger partial charge on any atom is -0.490 e. The van der Waals surface area contributed by atoms with Crippen molar-refractivity contribution >= 4 is 17.0 Å². The molecular formula is C35H51FN8O3. The SMILES string of the molecule is CC(C)(C)c1cc(CO)cc(OC[C@H](F)CN)c1.CC(C)(C)c1cc2cn(-c3ccc(CNCCCN=C(N)N)cc3)c(=O)nc2[nH]1. The molecule has 0 aliphatic carbocycles. The molecule has 0 bridgehead atoms. The Morgan fingerprint density at radius 3 is 2.36 bits per heavy atom. The molecule has 2 aromatic heterocycles. The van der Waals surface area contributed by atoms with E-state index in [1.54, 1.807) is 10.6 Å². The Bertz CT molecular complexity index is 1660. The van der Waals surface area contributed by atoms with Crippen molar-refractivity contribution in [1.82, 2.24) is 19.9 Å². The van der Waals surface area contributed by atoms with Crippen molar-refractivity contribution in [3.8, 4) is 11.4 Å². The number of rotatable bonds is 12. The van der Waals surface area contributed by atoms with Gasteiger partial charge in [-0.05, 0) is 65.4 Å². The van der Waals surface area contributed by atoms with Crippen LogP contribution in [-0.4, -0.2) is 58.0 Å². The Morgan fingerprint density at radius 2 is 1.77 bits per heavy atom. The van der Waals surface area contributed by atoms with Crippen LogP contribution < -0.4 is 32.9 Å². The summed E-state index contributed by atoms with van der Waals surface area (Å²) in [6, 6.07) is 15.5. The first-order valence-corrected chi connectivity index (χ1v) is 15.8. The number of guanidine groups is 1. The second kappa shape index (κ2) is 16.5. The van der Waals surface area contributed by atoms with Gasteiger partial charge in [0, 0.05) is 42.3 Å². The predicted molar refractivity (Wildman–Crippen MR) is 188 cm³/mol. The molecule has 0 radical (unpaired) electrons. The van der Waals surface area contributed by atoms with E-state index in [4.69, 9.17) is 21.9 Å². The average molecular weight is 651 g/mol. The number of ether oxygens (including phenoxy) is 1. The summed E-state index contributed by atoms with van der Waals surface area (Å²) in [5.74, 6) is 0.695. The molecule has 0 aliphatic rings. The summed E-state index contributed by atoms with van der Waals surface area (Å²) in [6.45, 7) is 14.6. The van der Waals surface area contributed by atoms with Crippen LogP contribution >= 0.6 is 0 Å². The zero-order chi connectivity index (χ0) is 34.8. The van der Waals surface area contributed by atoms with Crippen LogP contribution in [0.3, 0.4) is 0 Å². The third kappa shape index (κ3) is 11.5. The van der Waals surface area contributed by atoms with E-state index in [-0.39, 0.29) is 42.2 Å². The minimum atomic E-state index is -1.17. The molecule has 11 nitrogen and oxygen atoms in total. The Balaban J connectivity index is 0.000000287. The van der Waals surface area contributed by atoms with Gasteiger partial charge in [-0.25, -0.2) is 9.18 Å². The number of aliphatic hydroxyl groups is 1. The number of benzene rings is 2. The number of hydrogen-bond acceptors (Lipinski definition) is 7. The first-order chi connectivity index (χ1) is 22.1. The van der Waals surface area contributed by atoms with E-state index in [1.165, 1.54) is 0 Å². The summed E-state index contributed by atoms with van der Waals surface area (Å²) in [7, 11) is 0. The van der Waals surface area contributed by atoms with Crippen LogP contribution in [0.2, 0.25) is 0 Å². The zero-order valence-corrected chi connectivity index (χ0v) is 28.4. The van der Waals surface area contributed by atoms with E-state index in [0.29, 0.717) is 17.9 Å². The second-order valence-corrected chi connectivity index (χ2v) is 13.6. The molecule has 0 saturated carbocycles. The maximum absolute atomic E-state index is 13.0. The lowest BCUT2D eigenvalue weighted by Gasteiger charge is -2.21. The highest BCUT2D eigenvalue weighted by atomic mass is 19.1. The van der Waals surface area contributed by atoms with E-state index in [9.17, 15) is 14.3 Å². The highest BCUT2D eigenvalue weighted by Gasteiger charge is 2.18. The maximum atomic E-state index is 13.0. The number of nitrogens with two attached hydrogens (primary N) is 3. The summed E-state index contributed by atoms with van der Waals surface area (Å²) in [6.07, 6.45) is 1.54. The number of fused-ring (bicyclic) bond motifs is 1. The normalized spacial score (nSPS) is 12.4. The molecule has 0 spiro atoms. The molecule has 4 aromatic rings. The lowest BCUT2D eigenvalue weighted by molar-refractivity contribution is 0.200. The molecule has 0 aliphatic heterocycles. The lowest BCUT2D eigenvalue weighted by Crippen LogP contribution is -2.23. The van der Waals surface area contributed by atoms with Crippen molar-refractivity contribution in [2.24, 2.45) is 22.2 Å². The maximum Gasteiger partial charge on any atom is 0.354 e. The standard InChI is InChI=1S/C21H29N7O.C14H22FNO2/c1-21(2,3)17-11-15-13-28(20(29)27-18(15)26-17)16-7-5-14(6-8-16)12-24-9-4-10-25-19(22)23;1-14(2,3)11-4-10(8-17)5-13(6-11)18-9-12(15)7-16/h5-8,11,13,24H,4,9-10,12H2,1-3H3,(H4,22,23,25)(H,26,27,29);4-6,12,17H,7-9,16H2,1-3H3/t;12-/m.1/s1. The fourth-order valence-electron chi connectivity index (χ4n) is 4.53. The van der Waals surface area contributed by atoms with Crippen LogP contribution in [0.25, 0.3) is 16.7 Å². The number of aliphatic imine (C=N–C) groups is 1. The molecule has 2 heterocycles. The van der Waals surface area contributed by atoms with Crippen LogP contribution in [0.1, 0.15) is 70.3 Å². The monoisotopic (exact) mass is 650 g/mol. The van der Waals surface area contributed by atoms with E-state index in [0.717, 1.165) is 53.0 Å². The van der Waals surface area contributed by atoms with Crippen LogP contribution in [0.4, 0.5) is 4.39 Å². The number of nitrogens with zero attached hydrogens (tertiary/aromatic N) is 3. The molecule has 4 rings (SSSR count). The number of H-pyrrole nitrogens is 1. The van der Waals surface area contributed by atoms with E-state index in [1.807, 2.05) is 42.6 Å². The van der Waals surface area contributed by atoms with E-state index >= 15 is 0 Å². The topological polar surface area (TPSA) is 183 Å². The summed E-state index contributed by atoms with van der Waals surface area (Å²) >= 11 is 0. The summed E-state index contributed by atoms with van der Waals surface area (Å²) < 4.78 is 20.0. The predicted octanol–water partition coefficient (Wildman–Crippen LogP) is 3.92. The Hall–Kier alpha value is -4.26. The van der Waals surface area contributed by atoms with Crippen molar-refractivity contribution in [2.75, 3.05) is 26.2 Å². The number of aromatic nitrogens is 3. The number of nitrogens with one attached hydrogen (secondary N) is 2. The molecular weight excluding hydrogens is 599 g/mol. The van der Waals surface area contributed by atoms with Gasteiger partial charge in [-0.15, -0.1) is 0 Å². The molecule has 256 valence electrons. The average Bonchev–Trinajstić information content (AvgIpc) is 3.45. The van der Waals surface area contributed by atoms with Gasteiger partial charge in [0.1, 0.15) is 24.2 Å². The minimum absolute atomic E-state index is 0.0352.